The predicted octanol–water partition coefficient (Wildman–Crippen LogP) is 3.29. The van der Waals surface area contributed by atoms with Gasteiger partial charge in [-0.1, -0.05) is 59.3 Å². The van der Waals surface area contributed by atoms with Crippen LogP contribution in [0.5, 0.6) is 0 Å². The summed E-state index contributed by atoms with van der Waals surface area (Å²) in [5, 5.41) is -1.09. The molecule has 1 unspecified atom stereocenters. The molecule has 0 saturated carbocycles. The molecule has 21 heavy (non-hydrogen) atoms. The van der Waals surface area contributed by atoms with Crippen molar-refractivity contribution in [2.24, 2.45) is 11.1 Å². The highest BCUT2D eigenvalue weighted by Gasteiger charge is 2.47. The topological polar surface area (TPSA) is 97.5 Å². The molecule has 6 heteroatoms. The Balaban J connectivity index is 4.86. The van der Waals surface area contributed by atoms with Gasteiger partial charge in [-0.3, -0.25) is 9.35 Å². The van der Waals surface area contributed by atoms with Crippen LogP contribution in [-0.2, 0) is 14.9 Å². The van der Waals surface area contributed by atoms with Crippen molar-refractivity contribution in [2.75, 3.05) is 0 Å². The molecule has 0 spiro atoms. The van der Waals surface area contributed by atoms with E-state index in [4.69, 9.17) is 5.73 Å². The summed E-state index contributed by atoms with van der Waals surface area (Å²) < 4.78 is 33.0. The third-order valence-electron chi connectivity index (χ3n) is 4.55. The summed E-state index contributed by atoms with van der Waals surface area (Å²) in [7, 11) is -4.29. The first-order valence-electron chi connectivity index (χ1n) is 8.02. The Labute approximate surface area is 129 Å². The molecule has 126 valence electrons. The fourth-order valence-electron chi connectivity index (χ4n) is 3.03. The summed E-state index contributed by atoms with van der Waals surface area (Å²) in [6, 6.07) is 0. The van der Waals surface area contributed by atoms with Crippen molar-refractivity contribution in [2.45, 2.75) is 83.8 Å². The summed E-state index contributed by atoms with van der Waals surface area (Å²) in [6.07, 6.45) is 7.04. The zero-order valence-corrected chi connectivity index (χ0v) is 14.4. The van der Waals surface area contributed by atoms with Crippen LogP contribution in [0.4, 0.5) is 0 Å². The van der Waals surface area contributed by atoms with E-state index in [1.165, 1.54) is 6.42 Å². The average molecular weight is 321 g/mol. The summed E-state index contributed by atoms with van der Waals surface area (Å²) in [5.41, 5.74) is 4.28. The normalized spacial score (nSPS) is 14.1. The number of hydrogen-bond acceptors (Lipinski definition) is 3. The van der Waals surface area contributed by atoms with Crippen LogP contribution in [0.25, 0.3) is 0 Å². The van der Waals surface area contributed by atoms with Crippen molar-refractivity contribution < 1.29 is 17.8 Å². The SMILES string of the molecule is CCCCCCCCC(C(CC)(CC)C(N)=O)S(=O)(=O)O. The number of nitrogens with two attached hydrogens (primary N) is 1. The van der Waals surface area contributed by atoms with Crippen LogP contribution in [0, 0.1) is 5.41 Å². The van der Waals surface area contributed by atoms with E-state index >= 15 is 0 Å². The van der Waals surface area contributed by atoms with Crippen LogP contribution in [-0.4, -0.2) is 24.1 Å². The molecule has 0 aliphatic carbocycles. The van der Waals surface area contributed by atoms with Gasteiger partial charge >= 0.3 is 0 Å². The minimum atomic E-state index is -4.29. The lowest BCUT2D eigenvalue weighted by Gasteiger charge is -2.34. The number of hydrogen-bond donors (Lipinski definition) is 2. The number of amides is 1. The Morgan fingerprint density at radius 1 is 1.05 bits per heavy atom. The molecule has 1 atom stereocenters. The number of rotatable bonds is 12. The summed E-state index contributed by atoms with van der Waals surface area (Å²) >= 11 is 0. The van der Waals surface area contributed by atoms with Crippen LogP contribution in [0.15, 0.2) is 0 Å². The lowest BCUT2D eigenvalue weighted by molar-refractivity contribution is -0.128. The summed E-state index contributed by atoms with van der Waals surface area (Å²) in [5.74, 6) is -0.638. The smallest absolute Gasteiger partial charge is 0.268 e. The first-order chi connectivity index (χ1) is 9.76. The van der Waals surface area contributed by atoms with E-state index in [-0.39, 0.29) is 6.42 Å². The Hall–Kier alpha value is -0.620. The zero-order chi connectivity index (χ0) is 16.5. The standard InChI is InChI=1S/C15H31NO4S/c1-4-7-8-9-10-11-12-13(21(18,19)20)15(5-2,6-3)14(16)17/h13H,4-12H2,1-3H3,(H2,16,17)(H,18,19,20). The van der Waals surface area contributed by atoms with Crippen molar-refractivity contribution >= 4 is 16.0 Å². The molecule has 0 aliphatic rings. The van der Waals surface area contributed by atoms with Crippen molar-refractivity contribution in [3.63, 3.8) is 0 Å². The van der Waals surface area contributed by atoms with E-state index in [2.05, 4.69) is 6.92 Å². The van der Waals surface area contributed by atoms with Gasteiger partial charge in [0.25, 0.3) is 10.1 Å². The maximum Gasteiger partial charge on any atom is 0.268 e. The molecule has 0 aliphatic heterocycles. The molecule has 0 heterocycles. The van der Waals surface area contributed by atoms with E-state index in [9.17, 15) is 17.8 Å². The highest BCUT2D eigenvalue weighted by atomic mass is 32.2. The largest absolute Gasteiger partial charge is 0.369 e. The lowest BCUT2D eigenvalue weighted by Crippen LogP contribution is -2.49. The van der Waals surface area contributed by atoms with Crippen molar-refractivity contribution in [3.8, 4) is 0 Å². The second-order valence-corrected chi connectivity index (χ2v) is 7.39. The lowest BCUT2D eigenvalue weighted by atomic mass is 9.76. The van der Waals surface area contributed by atoms with E-state index in [0.29, 0.717) is 19.3 Å². The van der Waals surface area contributed by atoms with Crippen LogP contribution in [0.2, 0.25) is 0 Å². The molecular formula is C15H31NO4S. The molecule has 0 radical (unpaired) electrons. The summed E-state index contributed by atoms with van der Waals surface area (Å²) in [6.45, 7) is 5.62. The predicted molar refractivity (Wildman–Crippen MR) is 85.5 cm³/mol. The number of unbranched alkanes of at least 4 members (excludes halogenated alkanes) is 5. The van der Waals surface area contributed by atoms with E-state index in [1.807, 2.05) is 0 Å². The molecular weight excluding hydrogens is 290 g/mol. The van der Waals surface area contributed by atoms with Crippen molar-refractivity contribution in [1.29, 1.82) is 0 Å². The Morgan fingerprint density at radius 3 is 1.90 bits per heavy atom. The van der Waals surface area contributed by atoms with E-state index in [0.717, 1.165) is 25.7 Å². The number of carbonyl (C=O) groups is 1. The summed E-state index contributed by atoms with van der Waals surface area (Å²) in [4.78, 5) is 11.8. The van der Waals surface area contributed by atoms with Crippen LogP contribution in [0.1, 0.15) is 78.6 Å². The molecule has 0 aromatic carbocycles. The zero-order valence-electron chi connectivity index (χ0n) is 13.6. The molecule has 0 bridgehead atoms. The first-order valence-corrected chi connectivity index (χ1v) is 9.52. The minimum absolute atomic E-state index is 0.287. The fraction of sp³-hybridized carbons (Fsp3) is 0.933. The van der Waals surface area contributed by atoms with Gasteiger partial charge in [-0.2, -0.15) is 8.42 Å². The van der Waals surface area contributed by atoms with Gasteiger partial charge in [0.15, 0.2) is 0 Å². The molecule has 5 nitrogen and oxygen atoms in total. The molecule has 0 rings (SSSR count). The highest BCUT2D eigenvalue weighted by Crippen LogP contribution is 2.37. The maximum absolute atomic E-state index is 11.8. The second kappa shape index (κ2) is 9.41. The van der Waals surface area contributed by atoms with Gasteiger partial charge in [0.2, 0.25) is 5.91 Å². The van der Waals surface area contributed by atoms with Gasteiger partial charge in [-0.05, 0) is 19.3 Å². The number of primary amides is 1. The highest BCUT2D eigenvalue weighted by molar-refractivity contribution is 7.86. The van der Waals surface area contributed by atoms with Crippen LogP contribution >= 0.6 is 0 Å². The van der Waals surface area contributed by atoms with Gasteiger partial charge in [0, 0.05) is 0 Å². The monoisotopic (exact) mass is 321 g/mol. The Morgan fingerprint density at radius 2 is 1.52 bits per heavy atom. The van der Waals surface area contributed by atoms with Crippen molar-refractivity contribution in [3.05, 3.63) is 0 Å². The van der Waals surface area contributed by atoms with Gasteiger partial charge in [0.1, 0.15) is 5.25 Å². The minimum Gasteiger partial charge on any atom is -0.369 e. The molecule has 1 amide bonds. The Bertz CT molecular complexity index is 402. The molecule has 0 aromatic heterocycles. The molecule has 0 saturated heterocycles. The van der Waals surface area contributed by atoms with E-state index < -0.39 is 26.7 Å². The molecule has 0 fully saturated rings. The quantitative estimate of drug-likeness (QED) is 0.426. The number of carbonyl (C=O) groups excluding carboxylic acids is 1. The van der Waals surface area contributed by atoms with Gasteiger partial charge in [0.05, 0.1) is 5.41 Å². The van der Waals surface area contributed by atoms with Crippen LogP contribution < -0.4 is 5.73 Å². The van der Waals surface area contributed by atoms with Gasteiger partial charge in [-0.15, -0.1) is 0 Å². The Kier molecular flexibility index (Phi) is 9.13. The van der Waals surface area contributed by atoms with Crippen LogP contribution in [0.3, 0.4) is 0 Å². The molecule has 3 N–H and O–H groups in total. The van der Waals surface area contributed by atoms with Gasteiger partial charge in [-0.25, -0.2) is 0 Å². The average Bonchev–Trinajstić information content (AvgIpc) is 2.40. The van der Waals surface area contributed by atoms with Gasteiger partial charge < -0.3 is 5.73 Å². The third kappa shape index (κ3) is 5.94. The first kappa shape index (κ1) is 20.4. The fourth-order valence-corrected chi connectivity index (χ4v) is 4.52. The third-order valence-corrected chi connectivity index (χ3v) is 5.95. The molecule has 0 aromatic rings. The second-order valence-electron chi connectivity index (χ2n) is 5.79. The van der Waals surface area contributed by atoms with Crippen molar-refractivity contribution in [1.82, 2.24) is 0 Å². The maximum atomic E-state index is 11.8. The van der Waals surface area contributed by atoms with E-state index in [1.54, 1.807) is 13.8 Å².